The quantitative estimate of drug-likeness (QED) is 0.0287. The van der Waals surface area contributed by atoms with E-state index in [0.29, 0.717) is 12.0 Å². The molecule has 5 N–H and O–H groups in total. The number of benzene rings is 2. The molecule has 264 valence electrons. The van der Waals surface area contributed by atoms with Gasteiger partial charge >= 0.3 is 10.4 Å². The lowest BCUT2D eigenvalue weighted by atomic mass is 10.3. The maximum Gasteiger partial charge on any atom is 0.397 e. The van der Waals surface area contributed by atoms with Crippen molar-refractivity contribution in [1.29, 1.82) is 0 Å². The van der Waals surface area contributed by atoms with Crippen LogP contribution in [0.4, 0.5) is 23.0 Å². The summed E-state index contributed by atoms with van der Waals surface area (Å²) in [7, 11) is -13.8. The molecule has 4 aromatic rings. The number of sulfone groups is 1. The zero-order valence-electron chi connectivity index (χ0n) is 24.4. The summed E-state index contributed by atoms with van der Waals surface area (Å²) >= 11 is 7.36. The second-order valence-electron chi connectivity index (χ2n) is 9.05. The van der Waals surface area contributed by atoms with Crippen LogP contribution in [-0.4, -0.2) is 83.0 Å². The van der Waals surface area contributed by atoms with Crippen LogP contribution in [0.5, 0.6) is 0 Å². The number of nitrogens with one attached hydrogen (secondary N) is 2. The molecule has 0 saturated carbocycles. The highest BCUT2D eigenvalue weighted by Crippen LogP contribution is 2.39. The SMILES string of the molecule is CSc1nc(Cl)nc(Nc2cc(SOOO)c(N=Nc3c(C)[nH]n(-c4ccc(S(=O)(=O)CCOS(=O)(=O)O)cc4)c3=O)cc2S(=O)(=O)O)n1. The molecule has 2 heterocycles. The summed E-state index contributed by atoms with van der Waals surface area (Å²) in [5.41, 5.74) is -1.31. The van der Waals surface area contributed by atoms with E-state index in [1.54, 1.807) is 6.26 Å². The first-order chi connectivity index (χ1) is 22.9. The zero-order chi connectivity index (χ0) is 36.1. The summed E-state index contributed by atoms with van der Waals surface area (Å²) in [4.78, 5) is 24.0. The largest absolute Gasteiger partial charge is 0.397 e. The van der Waals surface area contributed by atoms with Gasteiger partial charge in [0.1, 0.15) is 10.6 Å². The summed E-state index contributed by atoms with van der Waals surface area (Å²) < 4.78 is 99.1. The highest BCUT2D eigenvalue weighted by Gasteiger charge is 2.23. The topological polar surface area (TPSA) is 304 Å². The lowest BCUT2D eigenvalue weighted by Gasteiger charge is -2.12. The number of thioether (sulfide) groups is 1. The van der Waals surface area contributed by atoms with E-state index >= 15 is 0 Å². The average molecular weight is 801 g/mol. The van der Waals surface area contributed by atoms with Crippen molar-refractivity contribution in [3.8, 4) is 5.69 Å². The van der Waals surface area contributed by atoms with Crippen molar-refractivity contribution in [2.45, 2.75) is 26.8 Å². The molecular weight excluding hydrogens is 780 g/mol. The number of rotatable bonds is 15. The molecule has 0 aliphatic rings. The minimum Gasteiger partial charge on any atom is -0.323 e. The summed E-state index contributed by atoms with van der Waals surface area (Å²) in [5, 5.41) is 25.5. The molecule has 0 aliphatic heterocycles. The van der Waals surface area contributed by atoms with Gasteiger partial charge in [0.15, 0.2) is 20.7 Å². The Morgan fingerprint density at radius 2 is 1.73 bits per heavy atom. The van der Waals surface area contributed by atoms with Crippen molar-refractivity contribution in [1.82, 2.24) is 24.7 Å². The molecule has 0 radical (unpaired) electrons. The van der Waals surface area contributed by atoms with Crippen LogP contribution in [0.25, 0.3) is 5.69 Å². The molecule has 2 aromatic heterocycles. The van der Waals surface area contributed by atoms with Gasteiger partial charge in [0, 0.05) is 0 Å². The molecule has 4 rings (SSSR count). The Hall–Kier alpha value is -3.54. The summed E-state index contributed by atoms with van der Waals surface area (Å²) in [6.07, 6.45) is 1.65. The van der Waals surface area contributed by atoms with Crippen LogP contribution in [0.1, 0.15) is 5.69 Å². The number of halogens is 1. The van der Waals surface area contributed by atoms with E-state index < -0.39 is 53.2 Å². The fourth-order valence-corrected chi connectivity index (χ4v) is 6.92. The maximum atomic E-state index is 13.3. The fraction of sp³-hybridized carbons (Fsp3) is 0.182. The normalized spacial score (nSPS) is 12.5. The van der Waals surface area contributed by atoms with Gasteiger partial charge in [-0.3, -0.25) is 19.0 Å². The molecule has 0 saturated heterocycles. The Kier molecular flexibility index (Phi) is 12.2. The molecule has 2 aromatic carbocycles. The molecule has 0 fully saturated rings. The monoisotopic (exact) mass is 800 g/mol. The Balaban J connectivity index is 1.69. The molecule has 27 heteroatoms. The third-order valence-corrected chi connectivity index (χ3v) is 10.3. The molecule has 0 unspecified atom stereocenters. The number of aromatic amines is 1. The van der Waals surface area contributed by atoms with Crippen LogP contribution in [0.2, 0.25) is 5.28 Å². The number of azo groups is 1. The van der Waals surface area contributed by atoms with Crippen molar-refractivity contribution in [2.24, 2.45) is 10.2 Å². The van der Waals surface area contributed by atoms with Crippen molar-refractivity contribution in [2.75, 3.05) is 23.9 Å². The van der Waals surface area contributed by atoms with E-state index in [9.17, 15) is 34.6 Å². The Morgan fingerprint density at radius 1 is 1.04 bits per heavy atom. The van der Waals surface area contributed by atoms with Gasteiger partial charge in [-0.25, -0.2) is 22.5 Å². The second kappa shape index (κ2) is 15.6. The zero-order valence-corrected chi connectivity index (χ0v) is 29.2. The van der Waals surface area contributed by atoms with Gasteiger partial charge in [-0.1, -0.05) is 16.8 Å². The van der Waals surface area contributed by atoms with Gasteiger partial charge in [-0.05, 0) is 61.2 Å². The lowest BCUT2D eigenvalue weighted by molar-refractivity contribution is -0.432. The number of nitrogens with zero attached hydrogens (tertiary/aromatic N) is 6. The number of anilines is 2. The Labute approximate surface area is 289 Å². The van der Waals surface area contributed by atoms with E-state index in [1.165, 1.54) is 19.1 Å². The number of H-pyrrole nitrogens is 1. The van der Waals surface area contributed by atoms with E-state index in [2.05, 4.69) is 49.2 Å². The standard InChI is InChI=1S/C22H21ClN8O13S5/c1-11-18(19(32)31(30-11)12-3-5-13(6-4-12)47(34,35)8-7-42-49(39,40)41)29-28-14-10-17(48(36,37)38)15(9-16(14)46-44-43-33)24-21-25-20(23)26-22(27-21)45-2/h3-6,9-10,30,33H,7-8H2,1-2H3,(H,36,37,38)(H,39,40,41)(H,24,25,26,27). The molecule has 49 heavy (non-hydrogen) atoms. The molecule has 21 nitrogen and oxygen atoms in total. The molecular formula is C22H21ClN8O13S5. The van der Waals surface area contributed by atoms with E-state index in [0.717, 1.165) is 40.7 Å². The van der Waals surface area contributed by atoms with Gasteiger partial charge in [0.25, 0.3) is 15.7 Å². The van der Waals surface area contributed by atoms with Crippen molar-refractivity contribution < 1.29 is 53.2 Å². The first kappa shape index (κ1) is 38.3. The maximum absolute atomic E-state index is 13.3. The predicted molar refractivity (Wildman–Crippen MR) is 172 cm³/mol. The lowest BCUT2D eigenvalue weighted by Crippen LogP contribution is -2.16. The highest BCUT2D eigenvalue weighted by molar-refractivity contribution is 7.98. The summed E-state index contributed by atoms with van der Waals surface area (Å²) in [6.45, 7) is 0.627. The Morgan fingerprint density at radius 3 is 2.35 bits per heavy atom. The molecule has 0 spiro atoms. The van der Waals surface area contributed by atoms with Crippen LogP contribution in [0.15, 0.2) is 71.3 Å². The molecule has 0 aliphatic carbocycles. The first-order valence-corrected chi connectivity index (χ1v) is 19.4. The minimum atomic E-state index is -4.96. The average Bonchev–Trinajstić information content (AvgIpc) is 3.30. The number of hydrogen-bond acceptors (Lipinski definition) is 19. The number of aryl methyl sites for hydroxylation is 1. The predicted octanol–water partition coefficient (Wildman–Crippen LogP) is 3.46. The van der Waals surface area contributed by atoms with Gasteiger partial charge in [0.2, 0.25) is 11.2 Å². The third-order valence-electron chi connectivity index (χ3n) is 5.85. The highest BCUT2D eigenvalue weighted by atomic mass is 35.5. The molecule has 0 amide bonds. The molecule has 0 atom stereocenters. The van der Waals surface area contributed by atoms with Crippen LogP contribution >= 0.6 is 35.4 Å². The van der Waals surface area contributed by atoms with Gasteiger partial charge in [0.05, 0.1) is 51.3 Å². The second-order valence-corrected chi connectivity index (χ2v) is 15.5. The van der Waals surface area contributed by atoms with Crippen molar-refractivity contribution in [3.63, 3.8) is 0 Å². The molecule has 0 bridgehead atoms. The third kappa shape index (κ3) is 10.0. The number of hydrogen-bond donors (Lipinski definition) is 5. The number of aromatic nitrogens is 5. The van der Waals surface area contributed by atoms with Crippen LogP contribution in [0, 0.1) is 6.92 Å². The van der Waals surface area contributed by atoms with E-state index in [-0.39, 0.29) is 54.6 Å². The summed E-state index contributed by atoms with van der Waals surface area (Å²) in [6, 6.07) is 6.79. The van der Waals surface area contributed by atoms with E-state index in [4.69, 9.17) is 21.4 Å². The van der Waals surface area contributed by atoms with Crippen LogP contribution in [0.3, 0.4) is 0 Å². The van der Waals surface area contributed by atoms with Crippen LogP contribution in [-0.2, 0) is 43.9 Å². The Bertz CT molecular complexity index is 2280. The first-order valence-electron chi connectivity index (χ1n) is 12.6. The van der Waals surface area contributed by atoms with Gasteiger partial charge in [-0.2, -0.15) is 31.8 Å². The van der Waals surface area contributed by atoms with Gasteiger partial charge < -0.3 is 5.32 Å². The fourth-order valence-electron chi connectivity index (χ4n) is 3.77. The van der Waals surface area contributed by atoms with Gasteiger partial charge in [-0.15, -0.1) is 14.6 Å². The van der Waals surface area contributed by atoms with Crippen molar-refractivity contribution >= 4 is 88.8 Å². The van der Waals surface area contributed by atoms with E-state index in [1.807, 2.05) is 0 Å². The minimum absolute atomic E-state index is 0.0646. The summed E-state index contributed by atoms with van der Waals surface area (Å²) in [5.74, 6) is -0.964. The van der Waals surface area contributed by atoms with Crippen molar-refractivity contribution in [3.05, 3.63) is 57.7 Å². The van der Waals surface area contributed by atoms with Crippen LogP contribution < -0.4 is 10.9 Å². The smallest absolute Gasteiger partial charge is 0.323 e.